The lowest BCUT2D eigenvalue weighted by Crippen LogP contribution is -2.47. The molecule has 48 heavy (non-hydrogen) atoms. The van der Waals surface area contributed by atoms with Crippen LogP contribution in [0.2, 0.25) is 0 Å². The van der Waals surface area contributed by atoms with Crippen LogP contribution < -0.4 is 15.8 Å². The number of amides is 2. The van der Waals surface area contributed by atoms with Crippen molar-refractivity contribution in [3.63, 3.8) is 0 Å². The third-order valence-corrected chi connectivity index (χ3v) is 7.35. The Balaban J connectivity index is 1.78. The first-order valence-corrected chi connectivity index (χ1v) is 14.4. The predicted octanol–water partition coefficient (Wildman–Crippen LogP) is 1.67. The fourth-order valence-electron chi connectivity index (χ4n) is 4.93. The maximum atomic E-state index is 15.3. The second kappa shape index (κ2) is 15.9. The van der Waals surface area contributed by atoms with Crippen molar-refractivity contribution < 1.29 is 43.7 Å². The number of carboxylic acid groups (broad SMARTS) is 3. The van der Waals surface area contributed by atoms with E-state index in [0.717, 1.165) is 17.7 Å². The number of aryl methyl sites for hydroxylation is 2. The zero-order valence-electron chi connectivity index (χ0n) is 25.9. The van der Waals surface area contributed by atoms with Crippen LogP contribution in [0.3, 0.4) is 0 Å². The first kappa shape index (κ1) is 36.3. The molecule has 0 fully saturated rings. The molecule has 3 rings (SSSR count). The van der Waals surface area contributed by atoms with E-state index >= 15 is 4.39 Å². The molecule has 2 atom stereocenters. The summed E-state index contributed by atoms with van der Waals surface area (Å²) in [7, 11) is 0. The van der Waals surface area contributed by atoms with Gasteiger partial charge in [-0.3, -0.25) is 19.2 Å². The minimum atomic E-state index is -1.81. The second-order valence-electron chi connectivity index (χ2n) is 10.8. The monoisotopic (exact) mass is 661 g/mol. The Labute approximate surface area is 273 Å². The van der Waals surface area contributed by atoms with Crippen molar-refractivity contribution in [2.75, 3.05) is 18.0 Å². The number of carbonyl (C=O) groups excluding carboxylic acids is 2. The largest absolute Gasteiger partial charge is 0.481 e. The molecular formula is C33H32FN5O9. The highest BCUT2D eigenvalue weighted by molar-refractivity contribution is 5.97. The Morgan fingerprint density at radius 2 is 1.71 bits per heavy atom. The number of carboxylic acids is 3. The van der Waals surface area contributed by atoms with Crippen molar-refractivity contribution in [1.82, 2.24) is 20.2 Å². The number of terminal acetylenes is 2. The van der Waals surface area contributed by atoms with Gasteiger partial charge in [0.1, 0.15) is 23.7 Å². The summed E-state index contributed by atoms with van der Waals surface area (Å²) in [6, 6.07) is 3.52. The molecule has 5 N–H and O–H groups in total. The summed E-state index contributed by atoms with van der Waals surface area (Å²) in [5.74, 6) is -2.73. The molecule has 0 aliphatic carbocycles. The fraction of sp³-hybridized carbons (Fsp3) is 0.303. The molecule has 0 bridgehead atoms. The summed E-state index contributed by atoms with van der Waals surface area (Å²) in [4.78, 5) is 82.0. The number of aromatic nitrogens is 2. The number of hydrogen-bond acceptors (Lipinski definition) is 8. The van der Waals surface area contributed by atoms with Gasteiger partial charge >= 0.3 is 17.9 Å². The topological polar surface area (TPSA) is 210 Å². The third-order valence-electron chi connectivity index (χ3n) is 7.35. The van der Waals surface area contributed by atoms with Crippen LogP contribution in [-0.4, -0.2) is 85.1 Å². The van der Waals surface area contributed by atoms with Gasteiger partial charge in [-0.25, -0.2) is 19.0 Å². The smallest absolute Gasteiger partial charge is 0.327 e. The lowest BCUT2D eigenvalue weighted by molar-refractivity contribution is -0.154. The molecule has 0 saturated carbocycles. The van der Waals surface area contributed by atoms with Crippen molar-refractivity contribution >= 4 is 46.3 Å². The number of nitrogens with zero attached hydrogens (tertiary/aromatic N) is 3. The van der Waals surface area contributed by atoms with E-state index in [1.807, 2.05) is 6.92 Å². The first-order valence-electron chi connectivity index (χ1n) is 14.4. The minimum Gasteiger partial charge on any atom is -0.481 e. The van der Waals surface area contributed by atoms with Crippen LogP contribution in [0.4, 0.5) is 10.1 Å². The summed E-state index contributed by atoms with van der Waals surface area (Å²) in [5.41, 5.74) is 1.50. The van der Waals surface area contributed by atoms with Crippen molar-refractivity contribution in [2.45, 2.75) is 51.7 Å². The Morgan fingerprint density at radius 3 is 2.29 bits per heavy atom. The number of anilines is 1. The Bertz CT molecular complexity index is 1910. The highest BCUT2D eigenvalue weighted by atomic mass is 19.1. The molecule has 14 nitrogen and oxygen atoms in total. The molecule has 0 unspecified atom stereocenters. The SMILES string of the molecule is C#CCN(Cc1cc2c(=O)[nH]c(C)nc2cc1C)c1ccc(C(=O)N[C@@H](CCC(=O)N(CC#C)[C@@H](CC(=O)O)C(=O)O)C(=O)O)c(F)c1. The molecule has 0 spiro atoms. The number of aromatic amines is 1. The fourth-order valence-corrected chi connectivity index (χ4v) is 4.93. The van der Waals surface area contributed by atoms with Gasteiger partial charge in [0.05, 0.1) is 36.0 Å². The molecule has 15 heteroatoms. The number of fused-ring (bicyclic) bond motifs is 1. The van der Waals surface area contributed by atoms with Gasteiger partial charge in [0, 0.05) is 18.7 Å². The summed E-state index contributed by atoms with van der Waals surface area (Å²) in [6.45, 7) is 3.14. The minimum absolute atomic E-state index is 0.0337. The van der Waals surface area contributed by atoms with Gasteiger partial charge < -0.3 is 35.4 Å². The number of H-pyrrole nitrogens is 1. The first-order chi connectivity index (χ1) is 22.7. The van der Waals surface area contributed by atoms with Crippen LogP contribution in [0, 0.1) is 44.4 Å². The second-order valence-corrected chi connectivity index (χ2v) is 10.8. The molecule has 2 amide bonds. The summed E-state index contributed by atoms with van der Waals surface area (Å²) in [6.07, 6.45) is 8.66. The number of rotatable bonds is 15. The average molecular weight is 662 g/mol. The number of hydrogen-bond donors (Lipinski definition) is 5. The quantitative estimate of drug-likeness (QED) is 0.148. The molecule has 0 aliphatic rings. The number of carbonyl (C=O) groups is 5. The maximum absolute atomic E-state index is 15.3. The van der Waals surface area contributed by atoms with Crippen molar-refractivity contribution in [2.24, 2.45) is 0 Å². The average Bonchev–Trinajstić information content (AvgIpc) is 3.00. The van der Waals surface area contributed by atoms with Crippen LogP contribution in [0.1, 0.15) is 46.6 Å². The molecule has 1 heterocycles. The van der Waals surface area contributed by atoms with Crippen molar-refractivity contribution in [3.8, 4) is 24.7 Å². The van der Waals surface area contributed by atoms with Crippen LogP contribution in [-0.2, 0) is 25.7 Å². The third kappa shape index (κ3) is 8.95. The molecule has 3 aromatic rings. The van der Waals surface area contributed by atoms with Crippen LogP contribution in [0.25, 0.3) is 10.9 Å². The van der Waals surface area contributed by atoms with E-state index in [2.05, 4.69) is 27.1 Å². The van der Waals surface area contributed by atoms with E-state index < -0.39 is 79.0 Å². The van der Waals surface area contributed by atoms with Gasteiger partial charge in [0.15, 0.2) is 0 Å². The highest BCUT2D eigenvalue weighted by Crippen LogP contribution is 2.24. The lowest BCUT2D eigenvalue weighted by Gasteiger charge is -2.27. The molecule has 1 aromatic heterocycles. The van der Waals surface area contributed by atoms with E-state index in [4.69, 9.17) is 18.0 Å². The van der Waals surface area contributed by atoms with Gasteiger partial charge in [0.25, 0.3) is 11.5 Å². The van der Waals surface area contributed by atoms with Crippen LogP contribution in [0.15, 0.2) is 35.1 Å². The van der Waals surface area contributed by atoms with E-state index in [1.54, 1.807) is 24.0 Å². The molecule has 250 valence electrons. The van der Waals surface area contributed by atoms with Crippen LogP contribution >= 0.6 is 0 Å². The zero-order valence-corrected chi connectivity index (χ0v) is 25.9. The predicted molar refractivity (Wildman–Crippen MR) is 170 cm³/mol. The summed E-state index contributed by atoms with van der Waals surface area (Å²) in [5, 5.41) is 30.6. The van der Waals surface area contributed by atoms with E-state index in [9.17, 15) is 39.0 Å². The van der Waals surface area contributed by atoms with Gasteiger partial charge in [-0.1, -0.05) is 11.8 Å². The van der Waals surface area contributed by atoms with E-state index in [1.165, 1.54) is 6.07 Å². The maximum Gasteiger partial charge on any atom is 0.327 e. The number of aliphatic carboxylic acids is 3. The normalized spacial score (nSPS) is 11.9. The summed E-state index contributed by atoms with van der Waals surface area (Å²) >= 11 is 0. The van der Waals surface area contributed by atoms with Crippen molar-refractivity contribution in [3.05, 3.63) is 69.0 Å². The van der Waals surface area contributed by atoms with Gasteiger partial charge in [0.2, 0.25) is 5.91 Å². The van der Waals surface area contributed by atoms with E-state index in [0.29, 0.717) is 32.9 Å². The molecular weight excluding hydrogens is 629 g/mol. The molecule has 0 saturated heterocycles. The Hall–Kier alpha value is -6.22. The van der Waals surface area contributed by atoms with E-state index in [-0.39, 0.29) is 18.6 Å². The van der Waals surface area contributed by atoms with Gasteiger partial charge in [-0.2, -0.15) is 0 Å². The summed E-state index contributed by atoms with van der Waals surface area (Å²) < 4.78 is 15.3. The van der Waals surface area contributed by atoms with Gasteiger partial charge in [-0.05, 0) is 61.7 Å². The zero-order chi connectivity index (χ0) is 35.7. The highest BCUT2D eigenvalue weighted by Gasteiger charge is 2.32. The van der Waals surface area contributed by atoms with Gasteiger partial charge in [-0.15, -0.1) is 12.8 Å². The standard InChI is InChI=1S/C33H32FN5O9/c1-5-11-38(17-20-14-23-26(13-18(20)3)35-19(4)36-31(23)44)21-7-8-22(24(34)15-21)30(43)37-25(32(45)46)9-10-28(40)39(12-6-2)27(33(47)48)16-29(41)42/h1-2,7-8,13-15,25,27H,9-12,16-17H2,3-4H3,(H,37,43)(H,41,42)(H,45,46)(H,47,48)(H,35,36,44)/t25-,27-/m0/s1. The molecule has 2 aromatic carbocycles. The Morgan fingerprint density at radius 1 is 1.02 bits per heavy atom. The lowest BCUT2D eigenvalue weighted by atomic mass is 10.0. The number of benzene rings is 2. The number of halogens is 1. The Kier molecular flexibility index (Phi) is 12.0. The van der Waals surface area contributed by atoms with Crippen LogP contribution in [0.5, 0.6) is 0 Å². The number of nitrogens with one attached hydrogen (secondary N) is 2. The molecule has 0 aliphatic heterocycles. The molecule has 0 radical (unpaired) electrons. The van der Waals surface area contributed by atoms with Crippen molar-refractivity contribution in [1.29, 1.82) is 0 Å².